The zero-order chi connectivity index (χ0) is 14.7. The van der Waals surface area contributed by atoms with E-state index in [1.807, 2.05) is 24.5 Å². The second-order valence-corrected chi connectivity index (χ2v) is 6.07. The summed E-state index contributed by atoms with van der Waals surface area (Å²) in [6.45, 7) is 0.747. The molecule has 0 aliphatic heterocycles. The van der Waals surface area contributed by atoms with Crippen molar-refractivity contribution in [2.75, 3.05) is 6.54 Å². The summed E-state index contributed by atoms with van der Waals surface area (Å²) in [6, 6.07) is 10.5. The Labute approximate surface area is 132 Å². The summed E-state index contributed by atoms with van der Waals surface area (Å²) in [5.74, 6) is 0. The lowest BCUT2D eigenvalue weighted by atomic mass is 10.0. The van der Waals surface area contributed by atoms with Crippen LogP contribution in [-0.4, -0.2) is 16.5 Å². The molecule has 0 atom stereocenters. The van der Waals surface area contributed by atoms with E-state index < -0.39 is 0 Å². The molecule has 0 aliphatic carbocycles. The zero-order valence-corrected chi connectivity index (χ0v) is 13.4. The highest BCUT2D eigenvalue weighted by Crippen LogP contribution is 2.32. The molecule has 0 unspecified atom stereocenters. The number of nitrogens with one attached hydrogen (secondary N) is 1. The number of hydrogen-bond acceptors (Lipinski definition) is 2. The smallest absolute Gasteiger partial charge is 0.0498 e. The molecule has 0 aliphatic rings. The van der Waals surface area contributed by atoms with Gasteiger partial charge in [0.05, 0.1) is 0 Å². The highest BCUT2D eigenvalue weighted by molar-refractivity contribution is 9.10. The number of benzene rings is 1. The lowest BCUT2D eigenvalue weighted by Gasteiger charge is -2.05. The van der Waals surface area contributed by atoms with Crippen LogP contribution in [0.4, 0.5) is 0 Å². The topological polar surface area (TPSA) is 54.7 Å². The van der Waals surface area contributed by atoms with E-state index in [-0.39, 0.29) is 0 Å². The van der Waals surface area contributed by atoms with E-state index in [0.29, 0.717) is 0 Å². The van der Waals surface area contributed by atoms with Crippen molar-refractivity contribution < 1.29 is 0 Å². The zero-order valence-electron chi connectivity index (χ0n) is 11.8. The molecule has 0 saturated heterocycles. The van der Waals surface area contributed by atoms with Gasteiger partial charge < -0.3 is 10.7 Å². The second kappa shape index (κ2) is 6.41. The van der Waals surface area contributed by atoms with Crippen molar-refractivity contribution in [1.29, 1.82) is 0 Å². The normalized spacial score (nSPS) is 11.1. The molecular formula is C17H18BrN3. The summed E-state index contributed by atoms with van der Waals surface area (Å²) < 4.78 is 1.11. The summed E-state index contributed by atoms with van der Waals surface area (Å²) in [5, 5.41) is 1.29. The van der Waals surface area contributed by atoms with Crippen LogP contribution in [0.3, 0.4) is 0 Å². The number of hydrogen-bond donors (Lipinski definition) is 2. The maximum atomic E-state index is 5.63. The number of halogens is 1. The van der Waals surface area contributed by atoms with E-state index in [1.54, 1.807) is 0 Å². The summed E-state index contributed by atoms with van der Waals surface area (Å²) in [7, 11) is 0. The summed E-state index contributed by atoms with van der Waals surface area (Å²) in [6.07, 6.45) is 6.86. The second-order valence-electron chi connectivity index (χ2n) is 5.15. The number of pyridine rings is 1. The van der Waals surface area contributed by atoms with Crippen LogP contribution in [0.2, 0.25) is 0 Å². The number of H-pyrrole nitrogens is 1. The largest absolute Gasteiger partial charge is 0.354 e. The van der Waals surface area contributed by atoms with Crippen LogP contribution < -0.4 is 5.73 Å². The van der Waals surface area contributed by atoms with Gasteiger partial charge in [0.2, 0.25) is 0 Å². The third-order valence-electron chi connectivity index (χ3n) is 3.72. The van der Waals surface area contributed by atoms with Gasteiger partial charge in [-0.3, -0.25) is 4.98 Å². The fraction of sp³-hybridized carbons (Fsp3) is 0.235. The standard InChI is InChI=1S/C17H18BrN3/c18-13-4-5-16-15(11-13)14(3-1-2-8-19)17(21-16)12-6-9-20-10-7-12/h4-7,9-11,21H,1-3,8,19H2. The van der Waals surface area contributed by atoms with Crippen molar-refractivity contribution in [2.24, 2.45) is 5.73 Å². The first-order valence-corrected chi connectivity index (χ1v) is 7.99. The number of rotatable bonds is 5. The number of aromatic nitrogens is 2. The van der Waals surface area contributed by atoms with Crippen LogP contribution in [0, 0.1) is 0 Å². The highest BCUT2D eigenvalue weighted by Gasteiger charge is 2.13. The third kappa shape index (κ3) is 3.01. The Balaban J connectivity index is 2.11. The van der Waals surface area contributed by atoms with Crippen LogP contribution in [0.15, 0.2) is 47.2 Å². The number of aryl methyl sites for hydroxylation is 1. The number of unbranched alkanes of at least 4 members (excludes halogenated alkanes) is 1. The maximum Gasteiger partial charge on any atom is 0.0498 e. The van der Waals surface area contributed by atoms with Crippen LogP contribution >= 0.6 is 15.9 Å². The van der Waals surface area contributed by atoms with Crippen molar-refractivity contribution in [3.05, 3.63) is 52.8 Å². The predicted molar refractivity (Wildman–Crippen MR) is 91.2 cm³/mol. The monoisotopic (exact) mass is 343 g/mol. The first-order chi connectivity index (χ1) is 10.3. The fourth-order valence-corrected chi connectivity index (χ4v) is 3.05. The molecule has 3 aromatic rings. The van der Waals surface area contributed by atoms with E-state index in [2.05, 4.69) is 44.1 Å². The lowest BCUT2D eigenvalue weighted by molar-refractivity contribution is 0.748. The molecule has 0 fully saturated rings. The average Bonchev–Trinajstić information content (AvgIpc) is 2.87. The first-order valence-electron chi connectivity index (χ1n) is 7.20. The molecule has 3 N–H and O–H groups in total. The Bertz CT molecular complexity index is 734. The molecule has 2 heterocycles. The maximum absolute atomic E-state index is 5.63. The van der Waals surface area contributed by atoms with Gasteiger partial charge in [0.15, 0.2) is 0 Å². The SMILES string of the molecule is NCCCCc1c(-c2ccncc2)[nH]c2ccc(Br)cc12. The minimum atomic E-state index is 0.747. The van der Waals surface area contributed by atoms with Crippen molar-refractivity contribution in [2.45, 2.75) is 19.3 Å². The van der Waals surface area contributed by atoms with Gasteiger partial charge in [0.25, 0.3) is 0 Å². The van der Waals surface area contributed by atoms with Crippen LogP contribution in [-0.2, 0) is 6.42 Å². The van der Waals surface area contributed by atoms with E-state index in [9.17, 15) is 0 Å². The summed E-state index contributed by atoms with van der Waals surface area (Å²) in [4.78, 5) is 7.66. The molecule has 108 valence electrons. The van der Waals surface area contributed by atoms with Gasteiger partial charge in [-0.15, -0.1) is 0 Å². The van der Waals surface area contributed by atoms with Gasteiger partial charge in [-0.05, 0) is 61.7 Å². The average molecular weight is 344 g/mol. The Kier molecular flexibility index (Phi) is 4.36. The Morgan fingerprint density at radius 1 is 1.10 bits per heavy atom. The van der Waals surface area contributed by atoms with E-state index in [4.69, 9.17) is 5.73 Å². The molecule has 2 aromatic heterocycles. The molecule has 1 aromatic carbocycles. The molecule has 0 amide bonds. The van der Waals surface area contributed by atoms with E-state index in [0.717, 1.165) is 30.3 Å². The number of nitrogens with zero attached hydrogens (tertiary/aromatic N) is 1. The quantitative estimate of drug-likeness (QED) is 0.679. The minimum Gasteiger partial charge on any atom is -0.354 e. The molecule has 0 radical (unpaired) electrons. The van der Waals surface area contributed by atoms with Crippen molar-refractivity contribution >= 4 is 26.8 Å². The van der Waals surface area contributed by atoms with Crippen molar-refractivity contribution in [1.82, 2.24) is 9.97 Å². The van der Waals surface area contributed by atoms with Crippen LogP contribution in [0.1, 0.15) is 18.4 Å². The van der Waals surface area contributed by atoms with E-state index >= 15 is 0 Å². The fourth-order valence-electron chi connectivity index (χ4n) is 2.69. The predicted octanol–water partition coefficient (Wildman–Crippen LogP) is 4.27. The highest BCUT2D eigenvalue weighted by atomic mass is 79.9. The number of nitrogens with two attached hydrogens (primary N) is 1. The molecule has 4 heteroatoms. The first kappa shape index (κ1) is 14.3. The molecule has 3 rings (SSSR count). The molecule has 0 saturated carbocycles. The molecular weight excluding hydrogens is 326 g/mol. The van der Waals surface area contributed by atoms with Gasteiger partial charge in [-0.2, -0.15) is 0 Å². The summed E-state index contributed by atoms with van der Waals surface area (Å²) in [5.41, 5.74) is 10.5. The Morgan fingerprint density at radius 2 is 1.90 bits per heavy atom. The minimum absolute atomic E-state index is 0.747. The Morgan fingerprint density at radius 3 is 2.67 bits per heavy atom. The van der Waals surface area contributed by atoms with Gasteiger partial charge in [-0.1, -0.05) is 15.9 Å². The molecule has 21 heavy (non-hydrogen) atoms. The van der Waals surface area contributed by atoms with Crippen molar-refractivity contribution in [3.63, 3.8) is 0 Å². The molecule has 0 spiro atoms. The van der Waals surface area contributed by atoms with Crippen molar-refractivity contribution in [3.8, 4) is 11.3 Å². The van der Waals surface area contributed by atoms with Crippen LogP contribution in [0.5, 0.6) is 0 Å². The van der Waals surface area contributed by atoms with Gasteiger partial charge in [-0.25, -0.2) is 0 Å². The number of aromatic amines is 1. The third-order valence-corrected chi connectivity index (χ3v) is 4.21. The van der Waals surface area contributed by atoms with Gasteiger partial charge in [0, 0.05) is 39.0 Å². The van der Waals surface area contributed by atoms with Gasteiger partial charge >= 0.3 is 0 Å². The summed E-state index contributed by atoms with van der Waals surface area (Å²) >= 11 is 3.57. The lowest BCUT2D eigenvalue weighted by Crippen LogP contribution is -1.99. The number of fused-ring (bicyclic) bond motifs is 1. The Hall–Kier alpha value is -1.65. The van der Waals surface area contributed by atoms with Gasteiger partial charge in [0.1, 0.15) is 0 Å². The van der Waals surface area contributed by atoms with Crippen LogP contribution in [0.25, 0.3) is 22.2 Å². The van der Waals surface area contributed by atoms with E-state index in [1.165, 1.54) is 27.7 Å². The molecule has 0 bridgehead atoms. The molecule has 3 nitrogen and oxygen atoms in total.